The molecule has 0 aromatic heterocycles. The Hall–Kier alpha value is -2.42. The molecule has 0 spiro atoms. The zero-order chi connectivity index (χ0) is 20.3. The highest BCUT2D eigenvalue weighted by atomic mass is 32.2. The van der Waals surface area contributed by atoms with Gasteiger partial charge in [-0.1, -0.05) is 6.07 Å². The second-order valence-corrected chi connectivity index (χ2v) is 8.80. The third kappa shape index (κ3) is 4.35. The van der Waals surface area contributed by atoms with E-state index in [0.717, 1.165) is 5.69 Å². The smallest absolute Gasteiger partial charge is 0.255 e. The van der Waals surface area contributed by atoms with Gasteiger partial charge in [0.2, 0.25) is 10.0 Å². The van der Waals surface area contributed by atoms with E-state index in [2.05, 4.69) is 5.32 Å². The quantitative estimate of drug-likeness (QED) is 0.829. The third-order valence-electron chi connectivity index (χ3n) is 4.68. The normalized spacial score (nSPS) is 15.2. The minimum atomic E-state index is -3.63. The van der Waals surface area contributed by atoms with Gasteiger partial charge in [0.05, 0.1) is 18.1 Å². The van der Waals surface area contributed by atoms with E-state index in [1.165, 1.54) is 10.4 Å². The van der Waals surface area contributed by atoms with Gasteiger partial charge in [-0.2, -0.15) is 4.31 Å². The van der Waals surface area contributed by atoms with E-state index < -0.39 is 10.0 Å². The van der Waals surface area contributed by atoms with Gasteiger partial charge in [0.25, 0.3) is 5.91 Å². The van der Waals surface area contributed by atoms with Crippen LogP contribution in [0.1, 0.15) is 15.9 Å². The van der Waals surface area contributed by atoms with E-state index in [1.54, 1.807) is 31.2 Å². The first-order chi connectivity index (χ1) is 13.3. The molecule has 2 aromatic carbocycles. The number of nitrogens with zero attached hydrogens (tertiary/aromatic N) is 2. The number of ether oxygens (including phenoxy) is 1. The molecule has 3 rings (SSSR count). The summed E-state index contributed by atoms with van der Waals surface area (Å²) in [6, 6.07) is 12.1. The molecule has 0 bridgehead atoms. The number of nitrogens with one attached hydrogen (secondary N) is 1. The minimum absolute atomic E-state index is 0.204. The lowest BCUT2D eigenvalue weighted by Crippen LogP contribution is -2.40. The van der Waals surface area contributed by atoms with Gasteiger partial charge in [-0.15, -0.1) is 0 Å². The Balaban J connectivity index is 1.82. The first-order valence-corrected chi connectivity index (χ1v) is 10.5. The molecule has 1 heterocycles. The summed E-state index contributed by atoms with van der Waals surface area (Å²) in [5.74, 6) is -0.288. The van der Waals surface area contributed by atoms with Crippen LogP contribution in [0.15, 0.2) is 47.4 Å². The van der Waals surface area contributed by atoms with Crippen molar-refractivity contribution in [2.24, 2.45) is 0 Å². The van der Waals surface area contributed by atoms with Crippen molar-refractivity contribution in [3.63, 3.8) is 0 Å². The molecule has 28 heavy (non-hydrogen) atoms. The molecule has 150 valence electrons. The van der Waals surface area contributed by atoms with Crippen LogP contribution in [-0.2, 0) is 14.8 Å². The van der Waals surface area contributed by atoms with Gasteiger partial charge < -0.3 is 15.0 Å². The highest BCUT2D eigenvalue weighted by molar-refractivity contribution is 7.89. The summed E-state index contributed by atoms with van der Waals surface area (Å²) in [4.78, 5) is 14.7. The highest BCUT2D eigenvalue weighted by Gasteiger charge is 2.28. The van der Waals surface area contributed by atoms with E-state index in [9.17, 15) is 13.2 Å². The molecule has 1 aliphatic rings. The molecule has 0 unspecified atom stereocenters. The minimum Gasteiger partial charge on any atom is -0.379 e. The molecular weight excluding hydrogens is 378 g/mol. The SMILES string of the molecule is Cc1ccc(NC(=O)c2ccc(N(C)C)cc2)cc1S(=O)(=O)N1CCOCC1. The van der Waals surface area contributed by atoms with E-state index in [-0.39, 0.29) is 10.8 Å². The number of amides is 1. The molecule has 0 saturated carbocycles. The number of carbonyl (C=O) groups is 1. The average Bonchev–Trinajstić information content (AvgIpc) is 2.70. The zero-order valence-electron chi connectivity index (χ0n) is 16.3. The van der Waals surface area contributed by atoms with Crippen LogP contribution < -0.4 is 10.2 Å². The fourth-order valence-electron chi connectivity index (χ4n) is 3.00. The number of morpholine rings is 1. The molecule has 1 saturated heterocycles. The summed E-state index contributed by atoms with van der Waals surface area (Å²) in [7, 11) is 0.223. The first-order valence-electron chi connectivity index (χ1n) is 9.06. The summed E-state index contributed by atoms with van der Waals surface area (Å²) in [5.41, 5.74) is 2.58. The van der Waals surface area contributed by atoms with Gasteiger partial charge in [0, 0.05) is 44.1 Å². The fraction of sp³-hybridized carbons (Fsp3) is 0.350. The van der Waals surface area contributed by atoms with Crippen LogP contribution in [0.2, 0.25) is 0 Å². The molecule has 0 atom stereocenters. The van der Waals surface area contributed by atoms with Crippen LogP contribution in [0.3, 0.4) is 0 Å². The Labute approximate surface area is 166 Å². The van der Waals surface area contributed by atoms with Crippen molar-refractivity contribution in [2.45, 2.75) is 11.8 Å². The van der Waals surface area contributed by atoms with E-state index in [1.807, 2.05) is 31.1 Å². The van der Waals surface area contributed by atoms with Gasteiger partial charge in [0.1, 0.15) is 0 Å². The second kappa shape index (κ2) is 8.30. The van der Waals surface area contributed by atoms with Crippen molar-refractivity contribution in [3.8, 4) is 0 Å². The number of anilines is 2. The second-order valence-electron chi connectivity index (χ2n) is 6.89. The van der Waals surface area contributed by atoms with Crippen molar-refractivity contribution < 1.29 is 17.9 Å². The number of hydrogen-bond donors (Lipinski definition) is 1. The van der Waals surface area contributed by atoms with Crippen molar-refractivity contribution in [1.29, 1.82) is 0 Å². The van der Waals surface area contributed by atoms with Gasteiger partial charge >= 0.3 is 0 Å². The summed E-state index contributed by atoms with van der Waals surface area (Å²) in [5, 5.41) is 2.79. The number of benzene rings is 2. The number of sulfonamides is 1. The molecule has 1 N–H and O–H groups in total. The van der Waals surface area contributed by atoms with Crippen LogP contribution >= 0.6 is 0 Å². The van der Waals surface area contributed by atoms with Gasteiger partial charge in [-0.05, 0) is 48.9 Å². The first kappa shape index (κ1) is 20.3. The summed E-state index contributed by atoms with van der Waals surface area (Å²) in [6.45, 7) is 3.18. The van der Waals surface area contributed by atoms with Crippen LogP contribution in [0, 0.1) is 6.92 Å². The maximum atomic E-state index is 13.0. The van der Waals surface area contributed by atoms with Crippen LogP contribution in [0.4, 0.5) is 11.4 Å². The number of hydrogen-bond acceptors (Lipinski definition) is 5. The molecular formula is C20H25N3O4S. The molecule has 8 heteroatoms. The molecule has 2 aromatic rings. The standard InChI is InChI=1S/C20H25N3O4S/c1-15-4-7-17(14-19(15)28(25,26)23-10-12-27-13-11-23)21-20(24)16-5-8-18(9-6-16)22(2)3/h4-9,14H,10-13H2,1-3H3,(H,21,24). The number of aryl methyl sites for hydroxylation is 1. The van der Waals surface area contributed by atoms with Crippen molar-refractivity contribution in [1.82, 2.24) is 4.31 Å². The number of carbonyl (C=O) groups excluding carboxylic acids is 1. The largest absolute Gasteiger partial charge is 0.379 e. The number of rotatable bonds is 5. The molecule has 1 fully saturated rings. The predicted octanol–water partition coefficient (Wildman–Crippen LogP) is 2.33. The van der Waals surface area contributed by atoms with Crippen LogP contribution in [-0.4, -0.2) is 59.0 Å². The molecule has 0 aliphatic carbocycles. The Morgan fingerprint density at radius 3 is 2.32 bits per heavy atom. The van der Waals surface area contributed by atoms with Gasteiger partial charge in [-0.3, -0.25) is 4.79 Å². The van der Waals surface area contributed by atoms with E-state index in [0.29, 0.717) is 43.1 Å². The summed E-state index contributed by atoms with van der Waals surface area (Å²) in [6.07, 6.45) is 0. The highest BCUT2D eigenvalue weighted by Crippen LogP contribution is 2.25. The summed E-state index contributed by atoms with van der Waals surface area (Å²) >= 11 is 0. The molecule has 1 amide bonds. The average molecular weight is 404 g/mol. The van der Waals surface area contributed by atoms with Crippen LogP contribution in [0.25, 0.3) is 0 Å². The van der Waals surface area contributed by atoms with E-state index in [4.69, 9.17) is 4.74 Å². The topological polar surface area (TPSA) is 79.0 Å². The molecule has 7 nitrogen and oxygen atoms in total. The van der Waals surface area contributed by atoms with Crippen molar-refractivity contribution in [2.75, 3.05) is 50.6 Å². The third-order valence-corrected chi connectivity index (χ3v) is 6.72. The molecule has 0 radical (unpaired) electrons. The lowest BCUT2D eigenvalue weighted by molar-refractivity contribution is 0.0730. The maximum absolute atomic E-state index is 13.0. The fourth-order valence-corrected chi connectivity index (χ4v) is 4.65. The van der Waals surface area contributed by atoms with Crippen molar-refractivity contribution in [3.05, 3.63) is 53.6 Å². The van der Waals surface area contributed by atoms with Crippen LogP contribution in [0.5, 0.6) is 0 Å². The maximum Gasteiger partial charge on any atom is 0.255 e. The lowest BCUT2D eigenvalue weighted by Gasteiger charge is -2.26. The lowest BCUT2D eigenvalue weighted by atomic mass is 10.1. The van der Waals surface area contributed by atoms with E-state index >= 15 is 0 Å². The Kier molecular flexibility index (Phi) is 6.02. The summed E-state index contributed by atoms with van der Waals surface area (Å²) < 4.78 is 32.6. The Morgan fingerprint density at radius 1 is 1.07 bits per heavy atom. The zero-order valence-corrected chi connectivity index (χ0v) is 17.1. The van der Waals surface area contributed by atoms with Gasteiger partial charge in [-0.25, -0.2) is 8.42 Å². The molecule has 1 aliphatic heterocycles. The van der Waals surface area contributed by atoms with Gasteiger partial charge in [0.15, 0.2) is 0 Å². The van der Waals surface area contributed by atoms with Crippen molar-refractivity contribution >= 4 is 27.3 Å². The monoisotopic (exact) mass is 403 g/mol. The Morgan fingerprint density at radius 2 is 1.71 bits per heavy atom. The Bertz CT molecular complexity index is 950. The predicted molar refractivity (Wildman–Crippen MR) is 109 cm³/mol.